The van der Waals surface area contributed by atoms with Gasteiger partial charge in [-0.05, 0) is 0 Å². The van der Waals surface area contributed by atoms with E-state index in [1.807, 2.05) is 0 Å². The summed E-state index contributed by atoms with van der Waals surface area (Å²) in [6, 6.07) is 0. The summed E-state index contributed by atoms with van der Waals surface area (Å²) in [4.78, 5) is 0. The SMILES string of the molecule is C=CN(O)C=C. The number of hydroxylamine groups is 2. The third-order valence-electron chi connectivity index (χ3n) is 0.374. The zero-order valence-electron chi connectivity index (χ0n) is 3.46. The Morgan fingerprint density at radius 3 is 1.67 bits per heavy atom. The molecular weight excluding hydrogens is 78.0 g/mol. The van der Waals surface area contributed by atoms with Crippen LogP contribution in [0.3, 0.4) is 0 Å². The van der Waals surface area contributed by atoms with Crippen molar-refractivity contribution >= 4 is 0 Å². The number of hydrogen-bond acceptors (Lipinski definition) is 2. The molecule has 0 atom stereocenters. The molecule has 0 aromatic heterocycles. The molecule has 0 saturated heterocycles. The van der Waals surface area contributed by atoms with Crippen LogP contribution in [0.1, 0.15) is 0 Å². The van der Waals surface area contributed by atoms with Gasteiger partial charge in [-0.3, -0.25) is 5.21 Å². The standard InChI is InChI=1S/C4H7NO/c1-3-5(6)4-2/h3-4,6H,1-2H2. The summed E-state index contributed by atoms with van der Waals surface area (Å²) in [5.74, 6) is 0. The van der Waals surface area contributed by atoms with Crippen LogP contribution in [0.2, 0.25) is 0 Å². The first-order valence-corrected chi connectivity index (χ1v) is 1.53. The van der Waals surface area contributed by atoms with Crippen LogP contribution in [0.5, 0.6) is 0 Å². The van der Waals surface area contributed by atoms with E-state index in [0.717, 1.165) is 5.06 Å². The summed E-state index contributed by atoms with van der Waals surface area (Å²) < 4.78 is 0. The van der Waals surface area contributed by atoms with Crippen LogP contribution < -0.4 is 0 Å². The summed E-state index contributed by atoms with van der Waals surface area (Å²) in [7, 11) is 0. The maximum Gasteiger partial charge on any atom is 0.0252 e. The molecule has 1 N–H and O–H groups in total. The second-order valence-electron chi connectivity index (χ2n) is 0.745. The average Bonchev–Trinajstić information content (AvgIpc) is 1.65. The van der Waals surface area contributed by atoms with Gasteiger partial charge in [-0.2, -0.15) is 0 Å². The predicted octanol–water partition coefficient (Wildman–Crippen LogP) is 0.965. The van der Waals surface area contributed by atoms with Crippen molar-refractivity contribution in [3.63, 3.8) is 0 Å². The molecule has 0 heterocycles. The highest BCUT2D eigenvalue weighted by Gasteiger charge is 1.70. The lowest BCUT2D eigenvalue weighted by Gasteiger charge is -1.98. The van der Waals surface area contributed by atoms with Crippen molar-refractivity contribution in [1.82, 2.24) is 5.06 Å². The molecule has 0 saturated carbocycles. The quantitative estimate of drug-likeness (QED) is 0.505. The molecule has 0 amide bonds. The molecule has 0 aliphatic heterocycles. The average molecular weight is 85.1 g/mol. The molecule has 6 heavy (non-hydrogen) atoms. The van der Waals surface area contributed by atoms with Crippen LogP contribution in [0.25, 0.3) is 0 Å². The topological polar surface area (TPSA) is 23.5 Å². The second-order valence-corrected chi connectivity index (χ2v) is 0.745. The molecule has 0 bridgehead atoms. The fourth-order valence-electron chi connectivity index (χ4n) is 0.0745. The minimum atomic E-state index is 0.778. The number of nitrogens with zero attached hydrogens (tertiary/aromatic N) is 1. The summed E-state index contributed by atoms with van der Waals surface area (Å²) in [5, 5.41) is 9.04. The molecule has 0 aromatic carbocycles. The highest BCUT2D eigenvalue weighted by atomic mass is 16.5. The molecule has 2 heteroatoms. The summed E-state index contributed by atoms with van der Waals surface area (Å²) in [6.07, 6.45) is 2.49. The van der Waals surface area contributed by atoms with Gasteiger partial charge in [-0.1, -0.05) is 13.2 Å². The van der Waals surface area contributed by atoms with Gasteiger partial charge in [-0.25, -0.2) is 5.06 Å². The maximum atomic E-state index is 8.26. The zero-order chi connectivity index (χ0) is 4.99. The Morgan fingerprint density at radius 2 is 1.67 bits per heavy atom. The van der Waals surface area contributed by atoms with Crippen LogP contribution in [0, 0.1) is 0 Å². The normalized spacial score (nSPS) is 6.83. The first kappa shape index (κ1) is 5.24. The Morgan fingerprint density at radius 1 is 1.33 bits per heavy atom. The van der Waals surface area contributed by atoms with E-state index in [2.05, 4.69) is 13.2 Å². The first-order valence-electron chi connectivity index (χ1n) is 1.53. The van der Waals surface area contributed by atoms with Gasteiger partial charge in [0.25, 0.3) is 0 Å². The van der Waals surface area contributed by atoms with E-state index in [9.17, 15) is 0 Å². The Kier molecular flexibility index (Phi) is 2.16. The van der Waals surface area contributed by atoms with Gasteiger partial charge in [0.05, 0.1) is 0 Å². The van der Waals surface area contributed by atoms with E-state index >= 15 is 0 Å². The van der Waals surface area contributed by atoms with Crippen molar-refractivity contribution in [2.45, 2.75) is 0 Å². The molecule has 0 aliphatic rings. The van der Waals surface area contributed by atoms with Gasteiger partial charge >= 0.3 is 0 Å². The van der Waals surface area contributed by atoms with Crippen LogP contribution in [-0.2, 0) is 0 Å². The third-order valence-corrected chi connectivity index (χ3v) is 0.374. The minimum Gasteiger partial charge on any atom is -0.285 e. The molecule has 0 unspecified atom stereocenters. The molecule has 0 spiro atoms. The summed E-state index contributed by atoms with van der Waals surface area (Å²) in [5.41, 5.74) is 0. The van der Waals surface area contributed by atoms with E-state index < -0.39 is 0 Å². The van der Waals surface area contributed by atoms with Gasteiger partial charge < -0.3 is 0 Å². The van der Waals surface area contributed by atoms with E-state index in [1.54, 1.807) is 0 Å². The molecule has 0 rings (SSSR count). The van der Waals surface area contributed by atoms with Crippen LogP contribution in [-0.4, -0.2) is 10.3 Å². The summed E-state index contributed by atoms with van der Waals surface area (Å²) >= 11 is 0. The highest BCUT2D eigenvalue weighted by Crippen LogP contribution is 1.75. The van der Waals surface area contributed by atoms with Crippen molar-refractivity contribution in [2.24, 2.45) is 0 Å². The van der Waals surface area contributed by atoms with Crippen LogP contribution in [0.15, 0.2) is 25.6 Å². The maximum absolute atomic E-state index is 8.26. The molecule has 0 aliphatic carbocycles. The zero-order valence-corrected chi connectivity index (χ0v) is 3.46. The van der Waals surface area contributed by atoms with Gasteiger partial charge in [-0.15, -0.1) is 0 Å². The fraction of sp³-hybridized carbons (Fsp3) is 0. The van der Waals surface area contributed by atoms with Gasteiger partial charge in [0, 0.05) is 12.4 Å². The van der Waals surface area contributed by atoms with E-state index in [4.69, 9.17) is 5.21 Å². The van der Waals surface area contributed by atoms with Crippen molar-refractivity contribution in [3.05, 3.63) is 25.6 Å². The molecule has 0 radical (unpaired) electrons. The van der Waals surface area contributed by atoms with Crippen molar-refractivity contribution in [3.8, 4) is 0 Å². The Bertz CT molecular complexity index is 52.6. The van der Waals surface area contributed by atoms with E-state index in [1.165, 1.54) is 12.4 Å². The smallest absolute Gasteiger partial charge is 0.0252 e. The fourth-order valence-corrected chi connectivity index (χ4v) is 0.0745. The third kappa shape index (κ3) is 1.55. The Balaban J connectivity index is 3.21. The molecule has 0 fully saturated rings. The monoisotopic (exact) mass is 85.1 g/mol. The van der Waals surface area contributed by atoms with E-state index in [-0.39, 0.29) is 0 Å². The lowest BCUT2D eigenvalue weighted by Crippen LogP contribution is -1.97. The number of rotatable bonds is 2. The molecule has 34 valence electrons. The lowest BCUT2D eigenvalue weighted by molar-refractivity contribution is 0.0124. The lowest BCUT2D eigenvalue weighted by atomic mass is 10.9. The van der Waals surface area contributed by atoms with Crippen molar-refractivity contribution in [2.75, 3.05) is 0 Å². The molecule has 0 aromatic rings. The minimum absolute atomic E-state index is 0.778. The Labute approximate surface area is 37.0 Å². The highest BCUT2D eigenvalue weighted by molar-refractivity contribution is 4.70. The van der Waals surface area contributed by atoms with Gasteiger partial charge in [0.2, 0.25) is 0 Å². The second kappa shape index (κ2) is 2.48. The summed E-state index contributed by atoms with van der Waals surface area (Å²) in [6.45, 7) is 6.47. The first-order chi connectivity index (χ1) is 2.81. The van der Waals surface area contributed by atoms with Crippen molar-refractivity contribution in [1.29, 1.82) is 0 Å². The molecule has 2 nitrogen and oxygen atoms in total. The van der Waals surface area contributed by atoms with E-state index in [0.29, 0.717) is 0 Å². The van der Waals surface area contributed by atoms with Crippen molar-refractivity contribution < 1.29 is 5.21 Å². The largest absolute Gasteiger partial charge is 0.285 e. The molecular formula is C4H7NO. The van der Waals surface area contributed by atoms with Gasteiger partial charge in [0.15, 0.2) is 0 Å². The predicted molar refractivity (Wildman–Crippen MR) is 24.0 cm³/mol. The number of hydrogen-bond donors (Lipinski definition) is 1. The van der Waals surface area contributed by atoms with Crippen LogP contribution >= 0.6 is 0 Å². The Hall–Kier alpha value is -0.760. The van der Waals surface area contributed by atoms with Gasteiger partial charge in [0.1, 0.15) is 0 Å². The van der Waals surface area contributed by atoms with Crippen LogP contribution in [0.4, 0.5) is 0 Å².